The van der Waals surface area contributed by atoms with Gasteiger partial charge in [-0.25, -0.2) is 0 Å². The molecule has 0 fully saturated rings. The lowest BCUT2D eigenvalue weighted by atomic mass is 10.0. The zero-order valence-corrected chi connectivity index (χ0v) is 7.85. The standard InChI is InChI=1S/C10H15NO/c1-4-9-5-6-10(8(3)12)7(2)11-9/h5-7,11H,4H2,1-3H3. The normalized spacial score (nSPS) is 22.4. The summed E-state index contributed by atoms with van der Waals surface area (Å²) in [7, 11) is 0. The van der Waals surface area contributed by atoms with E-state index in [-0.39, 0.29) is 11.8 Å². The Morgan fingerprint density at radius 1 is 1.58 bits per heavy atom. The fourth-order valence-corrected chi connectivity index (χ4v) is 1.38. The van der Waals surface area contributed by atoms with Gasteiger partial charge in [-0.15, -0.1) is 0 Å². The zero-order chi connectivity index (χ0) is 9.14. The Balaban J connectivity index is 2.83. The molecule has 0 aromatic carbocycles. The van der Waals surface area contributed by atoms with Gasteiger partial charge in [-0.05, 0) is 26.3 Å². The number of carbonyl (C=O) groups excluding carboxylic acids is 1. The third-order valence-corrected chi connectivity index (χ3v) is 2.12. The molecule has 1 atom stereocenters. The van der Waals surface area contributed by atoms with Gasteiger partial charge in [0.15, 0.2) is 5.78 Å². The second-order valence-electron chi connectivity index (χ2n) is 3.09. The van der Waals surface area contributed by atoms with Crippen LogP contribution in [-0.2, 0) is 4.79 Å². The molecular weight excluding hydrogens is 150 g/mol. The van der Waals surface area contributed by atoms with Crippen molar-refractivity contribution < 1.29 is 4.79 Å². The Morgan fingerprint density at radius 3 is 2.67 bits per heavy atom. The fourth-order valence-electron chi connectivity index (χ4n) is 1.38. The van der Waals surface area contributed by atoms with Crippen LogP contribution in [0.25, 0.3) is 0 Å². The number of carbonyl (C=O) groups is 1. The van der Waals surface area contributed by atoms with Gasteiger partial charge in [0.05, 0.1) is 6.04 Å². The van der Waals surface area contributed by atoms with E-state index in [1.165, 1.54) is 5.70 Å². The minimum atomic E-state index is 0.154. The van der Waals surface area contributed by atoms with Gasteiger partial charge >= 0.3 is 0 Å². The molecule has 66 valence electrons. The van der Waals surface area contributed by atoms with Gasteiger partial charge in [-0.3, -0.25) is 4.79 Å². The molecule has 0 aliphatic carbocycles. The van der Waals surface area contributed by atoms with Crippen molar-refractivity contribution in [1.82, 2.24) is 5.32 Å². The minimum absolute atomic E-state index is 0.154. The van der Waals surface area contributed by atoms with Gasteiger partial charge in [-0.1, -0.05) is 13.0 Å². The van der Waals surface area contributed by atoms with Crippen molar-refractivity contribution in [1.29, 1.82) is 0 Å². The van der Waals surface area contributed by atoms with Crippen molar-refractivity contribution in [3.05, 3.63) is 23.4 Å². The van der Waals surface area contributed by atoms with Crippen LogP contribution in [0.3, 0.4) is 0 Å². The van der Waals surface area contributed by atoms with Gasteiger partial charge in [0.1, 0.15) is 0 Å². The molecule has 12 heavy (non-hydrogen) atoms. The number of nitrogens with one attached hydrogen (secondary N) is 1. The molecule has 0 saturated heterocycles. The average molecular weight is 165 g/mol. The second kappa shape index (κ2) is 3.57. The van der Waals surface area contributed by atoms with Crippen LogP contribution in [0.5, 0.6) is 0 Å². The number of ketones is 1. The molecule has 0 radical (unpaired) electrons. The summed E-state index contributed by atoms with van der Waals surface area (Å²) < 4.78 is 0. The molecule has 0 spiro atoms. The van der Waals surface area contributed by atoms with Crippen molar-refractivity contribution in [3.63, 3.8) is 0 Å². The molecule has 1 aliphatic rings. The van der Waals surface area contributed by atoms with Crippen LogP contribution >= 0.6 is 0 Å². The van der Waals surface area contributed by atoms with Crippen LogP contribution in [-0.4, -0.2) is 11.8 Å². The molecule has 1 aliphatic heterocycles. The van der Waals surface area contributed by atoms with E-state index in [9.17, 15) is 4.79 Å². The van der Waals surface area contributed by atoms with Crippen molar-refractivity contribution in [3.8, 4) is 0 Å². The number of Topliss-reactive ketones (excluding diaryl/α,β-unsaturated/α-hetero) is 1. The Bertz CT molecular complexity index is 251. The quantitative estimate of drug-likeness (QED) is 0.675. The number of hydrogen-bond donors (Lipinski definition) is 1. The van der Waals surface area contributed by atoms with E-state index in [0.29, 0.717) is 0 Å². The van der Waals surface area contributed by atoms with E-state index in [1.54, 1.807) is 6.92 Å². The number of allylic oxidation sites excluding steroid dienone is 3. The van der Waals surface area contributed by atoms with Crippen LogP contribution in [0, 0.1) is 0 Å². The predicted molar refractivity (Wildman–Crippen MR) is 49.7 cm³/mol. The fraction of sp³-hybridized carbons (Fsp3) is 0.500. The summed E-state index contributed by atoms with van der Waals surface area (Å²) in [5.41, 5.74) is 2.07. The van der Waals surface area contributed by atoms with Crippen LogP contribution in [0.1, 0.15) is 27.2 Å². The topological polar surface area (TPSA) is 29.1 Å². The Hall–Kier alpha value is -1.05. The molecule has 0 amide bonds. The van der Waals surface area contributed by atoms with Crippen molar-refractivity contribution in [2.45, 2.75) is 33.2 Å². The molecule has 0 saturated carbocycles. The first kappa shape index (κ1) is 9.04. The van der Waals surface area contributed by atoms with Gasteiger partial charge < -0.3 is 5.32 Å². The third-order valence-electron chi connectivity index (χ3n) is 2.12. The summed E-state index contributed by atoms with van der Waals surface area (Å²) in [6.07, 6.45) is 4.89. The number of rotatable bonds is 2. The first-order chi connectivity index (χ1) is 5.65. The summed E-state index contributed by atoms with van der Waals surface area (Å²) in [6.45, 7) is 5.71. The highest BCUT2D eigenvalue weighted by atomic mass is 16.1. The zero-order valence-electron chi connectivity index (χ0n) is 7.85. The van der Waals surface area contributed by atoms with Crippen LogP contribution in [0.15, 0.2) is 23.4 Å². The first-order valence-electron chi connectivity index (χ1n) is 4.33. The molecule has 0 bridgehead atoms. The molecule has 1 N–H and O–H groups in total. The lowest BCUT2D eigenvalue weighted by Crippen LogP contribution is -2.32. The Morgan fingerprint density at radius 2 is 2.25 bits per heavy atom. The summed E-state index contributed by atoms with van der Waals surface area (Å²) in [5.74, 6) is 0.154. The Kier molecular flexibility index (Phi) is 2.69. The highest BCUT2D eigenvalue weighted by molar-refractivity contribution is 5.95. The number of dihydropyridines is 1. The molecule has 2 nitrogen and oxygen atoms in total. The summed E-state index contributed by atoms with van der Waals surface area (Å²) in [6, 6.07) is 0.169. The van der Waals surface area contributed by atoms with Gasteiger partial charge in [-0.2, -0.15) is 0 Å². The maximum Gasteiger partial charge on any atom is 0.157 e. The van der Waals surface area contributed by atoms with Crippen LogP contribution in [0.4, 0.5) is 0 Å². The van der Waals surface area contributed by atoms with E-state index >= 15 is 0 Å². The predicted octanol–water partition coefficient (Wildman–Crippen LogP) is 1.79. The van der Waals surface area contributed by atoms with Gasteiger partial charge in [0.2, 0.25) is 0 Å². The van der Waals surface area contributed by atoms with E-state index in [1.807, 2.05) is 19.1 Å². The van der Waals surface area contributed by atoms with Crippen molar-refractivity contribution in [2.24, 2.45) is 0 Å². The molecule has 0 aromatic heterocycles. The summed E-state index contributed by atoms with van der Waals surface area (Å²) in [4.78, 5) is 11.1. The van der Waals surface area contributed by atoms with E-state index in [4.69, 9.17) is 0 Å². The highest BCUT2D eigenvalue weighted by Gasteiger charge is 2.15. The molecule has 2 heteroatoms. The Labute approximate surface area is 73.4 Å². The smallest absolute Gasteiger partial charge is 0.157 e. The maximum atomic E-state index is 11.1. The van der Waals surface area contributed by atoms with Crippen LogP contribution < -0.4 is 5.32 Å². The molecular formula is C10H15NO. The van der Waals surface area contributed by atoms with E-state index in [2.05, 4.69) is 12.2 Å². The van der Waals surface area contributed by atoms with E-state index < -0.39 is 0 Å². The molecule has 1 unspecified atom stereocenters. The maximum absolute atomic E-state index is 11.1. The highest BCUT2D eigenvalue weighted by Crippen LogP contribution is 2.13. The number of hydrogen-bond acceptors (Lipinski definition) is 2. The second-order valence-corrected chi connectivity index (χ2v) is 3.09. The van der Waals surface area contributed by atoms with Crippen molar-refractivity contribution >= 4 is 5.78 Å². The van der Waals surface area contributed by atoms with Crippen LogP contribution in [0.2, 0.25) is 0 Å². The van der Waals surface area contributed by atoms with E-state index in [0.717, 1.165) is 12.0 Å². The summed E-state index contributed by atoms with van der Waals surface area (Å²) in [5, 5.41) is 3.27. The molecule has 1 rings (SSSR count). The average Bonchev–Trinajstić information content (AvgIpc) is 2.03. The molecule has 0 aromatic rings. The third kappa shape index (κ3) is 1.76. The largest absolute Gasteiger partial charge is 0.382 e. The SMILES string of the molecule is CCC1=CC=C(C(C)=O)C(C)N1. The minimum Gasteiger partial charge on any atom is -0.382 e. The first-order valence-corrected chi connectivity index (χ1v) is 4.33. The van der Waals surface area contributed by atoms with Gasteiger partial charge in [0.25, 0.3) is 0 Å². The van der Waals surface area contributed by atoms with Crippen molar-refractivity contribution in [2.75, 3.05) is 0 Å². The lowest BCUT2D eigenvalue weighted by molar-refractivity contribution is -0.113. The lowest BCUT2D eigenvalue weighted by Gasteiger charge is -2.22. The monoisotopic (exact) mass is 165 g/mol. The molecule has 1 heterocycles. The van der Waals surface area contributed by atoms with Gasteiger partial charge in [0, 0.05) is 11.3 Å². The summed E-state index contributed by atoms with van der Waals surface area (Å²) >= 11 is 0.